The Morgan fingerprint density at radius 2 is 2.27 bits per heavy atom. The van der Waals surface area contributed by atoms with Crippen LogP contribution >= 0.6 is 0 Å². The molecule has 1 fully saturated rings. The van der Waals surface area contributed by atoms with E-state index in [1.807, 2.05) is 0 Å². The van der Waals surface area contributed by atoms with Gasteiger partial charge in [-0.15, -0.1) is 6.58 Å². The summed E-state index contributed by atoms with van der Waals surface area (Å²) in [6.07, 6.45) is 4.50. The van der Waals surface area contributed by atoms with Crippen LogP contribution in [0.1, 0.15) is 19.3 Å². The van der Waals surface area contributed by atoms with Gasteiger partial charge in [0.2, 0.25) is 5.91 Å². The molecular formula is C11H20N2O2. The van der Waals surface area contributed by atoms with Gasteiger partial charge in [-0.2, -0.15) is 0 Å². The van der Waals surface area contributed by atoms with Crippen LogP contribution in [0.5, 0.6) is 0 Å². The standard InChI is InChI=1S/C11H20N2O2/c1-2-6-13(7-8-14)10(15)11(9-12)4-3-5-11/h2,14H,1,3-9,12H2. The number of carbonyl (C=O) groups is 1. The van der Waals surface area contributed by atoms with Crippen molar-refractivity contribution in [1.29, 1.82) is 0 Å². The van der Waals surface area contributed by atoms with Crippen molar-refractivity contribution in [3.8, 4) is 0 Å². The van der Waals surface area contributed by atoms with Crippen LogP contribution in [-0.4, -0.2) is 42.2 Å². The Labute approximate surface area is 90.7 Å². The van der Waals surface area contributed by atoms with Gasteiger partial charge in [0, 0.05) is 19.6 Å². The molecule has 0 spiro atoms. The predicted octanol–water partition coefficient (Wildman–Crippen LogP) is 0.122. The summed E-state index contributed by atoms with van der Waals surface area (Å²) in [5.41, 5.74) is 5.31. The minimum Gasteiger partial charge on any atom is -0.395 e. The smallest absolute Gasteiger partial charge is 0.230 e. The summed E-state index contributed by atoms with van der Waals surface area (Å²) < 4.78 is 0. The molecule has 0 radical (unpaired) electrons. The summed E-state index contributed by atoms with van der Waals surface area (Å²) in [6.45, 7) is 4.86. The molecule has 1 saturated carbocycles. The third kappa shape index (κ3) is 2.38. The maximum Gasteiger partial charge on any atom is 0.230 e. The van der Waals surface area contributed by atoms with E-state index in [0.717, 1.165) is 19.3 Å². The minimum atomic E-state index is -0.349. The lowest BCUT2D eigenvalue weighted by atomic mass is 9.68. The Balaban J connectivity index is 2.65. The molecule has 0 aliphatic heterocycles. The molecule has 1 aliphatic carbocycles. The quantitative estimate of drug-likeness (QED) is 0.615. The van der Waals surface area contributed by atoms with Crippen molar-refractivity contribution in [2.24, 2.45) is 11.1 Å². The number of aliphatic hydroxyl groups is 1. The molecule has 0 atom stereocenters. The molecule has 0 unspecified atom stereocenters. The zero-order chi connectivity index (χ0) is 11.3. The molecule has 0 bridgehead atoms. The van der Waals surface area contributed by atoms with Gasteiger partial charge in [-0.3, -0.25) is 4.79 Å². The van der Waals surface area contributed by atoms with Crippen molar-refractivity contribution in [2.45, 2.75) is 19.3 Å². The van der Waals surface area contributed by atoms with Gasteiger partial charge < -0.3 is 15.7 Å². The normalized spacial score (nSPS) is 18.0. The monoisotopic (exact) mass is 212 g/mol. The van der Waals surface area contributed by atoms with E-state index in [-0.39, 0.29) is 17.9 Å². The topological polar surface area (TPSA) is 66.6 Å². The van der Waals surface area contributed by atoms with Gasteiger partial charge in [-0.05, 0) is 12.8 Å². The van der Waals surface area contributed by atoms with Crippen molar-refractivity contribution in [2.75, 3.05) is 26.2 Å². The van der Waals surface area contributed by atoms with Crippen LogP contribution in [-0.2, 0) is 4.79 Å². The number of rotatable bonds is 6. The fourth-order valence-corrected chi connectivity index (χ4v) is 2.00. The average Bonchev–Trinajstić information content (AvgIpc) is 2.16. The van der Waals surface area contributed by atoms with E-state index in [0.29, 0.717) is 19.6 Å². The summed E-state index contributed by atoms with van der Waals surface area (Å²) in [7, 11) is 0. The van der Waals surface area contributed by atoms with E-state index >= 15 is 0 Å². The lowest BCUT2D eigenvalue weighted by Gasteiger charge is -2.42. The molecule has 1 amide bonds. The fourth-order valence-electron chi connectivity index (χ4n) is 2.00. The maximum absolute atomic E-state index is 12.1. The molecule has 3 N–H and O–H groups in total. The zero-order valence-corrected chi connectivity index (χ0v) is 9.11. The van der Waals surface area contributed by atoms with Crippen molar-refractivity contribution < 1.29 is 9.90 Å². The Kier molecular flexibility index (Phi) is 4.29. The number of aliphatic hydroxyl groups excluding tert-OH is 1. The molecule has 1 rings (SSSR count). The number of amides is 1. The SMILES string of the molecule is C=CCN(CCO)C(=O)C1(CN)CCC1. The zero-order valence-electron chi connectivity index (χ0n) is 9.11. The Bertz CT molecular complexity index is 231. The summed E-state index contributed by atoms with van der Waals surface area (Å²) in [5, 5.41) is 8.88. The van der Waals surface area contributed by atoms with Gasteiger partial charge in [0.25, 0.3) is 0 Å². The maximum atomic E-state index is 12.1. The second-order valence-electron chi connectivity index (χ2n) is 4.10. The second kappa shape index (κ2) is 5.28. The van der Waals surface area contributed by atoms with E-state index in [1.54, 1.807) is 11.0 Å². The van der Waals surface area contributed by atoms with Crippen LogP contribution in [0.3, 0.4) is 0 Å². The molecule has 0 aromatic rings. The molecule has 0 heterocycles. The van der Waals surface area contributed by atoms with Crippen LogP contribution in [0.4, 0.5) is 0 Å². The first kappa shape index (κ1) is 12.2. The summed E-state index contributed by atoms with van der Waals surface area (Å²) in [6, 6.07) is 0. The van der Waals surface area contributed by atoms with Crippen LogP contribution in [0, 0.1) is 5.41 Å². The largest absolute Gasteiger partial charge is 0.395 e. The molecule has 86 valence electrons. The van der Waals surface area contributed by atoms with E-state index in [2.05, 4.69) is 6.58 Å². The Morgan fingerprint density at radius 1 is 1.60 bits per heavy atom. The van der Waals surface area contributed by atoms with Crippen LogP contribution in [0.25, 0.3) is 0 Å². The molecule has 0 saturated heterocycles. The molecular weight excluding hydrogens is 192 g/mol. The van der Waals surface area contributed by atoms with Crippen molar-refractivity contribution >= 4 is 5.91 Å². The van der Waals surface area contributed by atoms with Gasteiger partial charge in [0.15, 0.2) is 0 Å². The number of nitrogens with zero attached hydrogens (tertiary/aromatic N) is 1. The Morgan fingerprint density at radius 3 is 2.60 bits per heavy atom. The molecule has 1 aliphatic rings. The highest BCUT2D eigenvalue weighted by molar-refractivity contribution is 5.84. The highest BCUT2D eigenvalue weighted by Crippen LogP contribution is 2.41. The number of hydrogen-bond donors (Lipinski definition) is 2. The lowest BCUT2D eigenvalue weighted by Crippen LogP contribution is -2.52. The highest BCUT2D eigenvalue weighted by atomic mass is 16.3. The highest BCUT2D eigenvalue weighted by Gasteiger charge is 2.44. The molecule has 15 heavy (non-hydrogen) atoms. The Hall–Kier alpha value is -0.870. The van der Waals surface area contributed by atoms with E-state index in [1.165, 1.54) is 0 Å². The van der Waals surface area contributed by atoms with Crippen LogP contribution in [0.2, 0.25) is 0 Å². The second-order valence-corrected chi connectivity index (χ2v) is 4.10. The average molecular weight is 212 g/mol. The minimum absolute atomic E-state index is 0.0137. The first-order valence-corrected chi connectivity index (χ1v) is 5.41. The van der Waals surface area contributed by atoms with Gasteiger partial charge in [0.1, 0.15) is 0 Å². The van der Waals surface area contributed by atoms with Gasteiger partial charge in [-0.1, -0.05) is 12.5 Å². The summed E-state index contributed by atoms with van der Waals surface area (Å²) in [5.74, 6) is 0.0743. The first-order chi connectivity index (χ1) is 7.20. The van der Waals surface area contributed by atoms with Crippen LogP contribution in [0.15, 0.2) is 12.7 Å². The lowest BCUT2D eigenvalue weighted by molar-refractivity contribution is -0.146. The van der Waals surface area contributed by atoms with E-state index in [4.69, 9.17) is 10.8 Å². The third-order valence-corrected chi connectivity index (χ3v) is 3.16. The number of carbonyl (C=O) groups excluding carboxylic acids is 1. The van der Waals surface area contributed by atoms with Crippen molar-refractivity contribution in [1.82, 2.24) is 4.90 Å². The number of hydrogen-bond acceptors (Lipinski definition) is 3. The first-order valence-electron chi connectivity index (χ1n) is 5.41. The molecule has 0 aromatic carbocycles. The van der Waals surface area contributed by atoms with Gasteiger partial charge in [0.05, 0.1) is 12.0 Å². The van der Waals surface area contributed by atoms with E-state index < -0.39 is 0 Å². The van der Waals surface area contributed by atoms with Crippen molar-refractivity contribution in [3.63, 3.8) is 0 Å². The molecule has 4 nitrogen and oxygen atoms in total. The van der Waals surface area contributed by atoms with Crippen molar-refractivity contribution in [3.05, 3.63) is 12.7 Å². The van der Waals surface area contributed by atoms with Gasteiger partial charge >= 0.3 is 0 Å². The predicted molar refractivity (Wildman–Crippen MR) is 59.2 cm³/mol. The van der Waals surface area contributed by atoms with Gasteiger partial charge in [-0.25, -0.2) is 0 Å². The third-order valence-electron chi connectivity index (χ3n) is 3.16. The summed E-state index contributed by atoms with van der Waals surface area (Å²) >= 11 is 0. The molecule has 4 heteroatoms. The molecule has 0 aromatic heterocycles. The fraction of sp³-hybridized carbons (Fsp3) is 0.727. The van der Waals surface area contributed by atoms with Crippen LogP contribution < -0.4 is 5.73 Å². The van der Waals surface area contributed by atoms with E-state index in [9.17, 15) is 4.79 Å². The number of nitrogens with two attached hydrogens (primary N) is 1. The summed E-state index contributed by atoms with van der Waals surface area (Å²) in [4.78, 5) is 13.8.